The maximum atomic E-state index is 12.8. The molecule has 0 radical (unpaired) electrons. The van der Waals surface area contributed by atoms with E-state index in [4.69, 9.17) is 23.2 Å². The second kappa shape index (κ2) is 8.85. The molecule has 1 fully saturated rings. The van der Waals surface area contributed by atoms with Gasteiger partial charge in [-0.2, -0.15) is 0 Å². The SMILES string of the molecule is Cn1cccc(C(C)(C)C(=O)NCc2cc(Cl)c(C3CCC(=O)NC3=O)c(Cl)c2)c1=O. The highest BCUT2D eigenvalue weighted by Gasteiger charge is 2.33. The first-order chi connectivity index (χ1) is 14.5. The Morgan fingerprint density at radius 3 is 2.48 bits per heavy atom. The smallest absolute Gasteiger partial charge is 0.254 e. The van der Waals surface area contributed by atoms with Crippen molar-refractivity contribution in [3.8, 4) is 0 Å². The Labute approximate surface area is 189 Å². The van der Waals surface area contributed by atoms with Crippen molar-refractivity contribution in [3.63, 3.8) is 0 Å². The Bertz CT molecular complexity index is 1100. The van der Waals surface area contributed by atoms with Crippen LogP contribution >= 0.6 is 23.2 Å². The standard InChI is InChI=1S/C22H23Cl2N3O4/c1-22(2,14-5-4-8-27(3)20(14)30)21(31)25-11-12-9-15(23)18(16(24)10-12)13-6-7-17(28)26-19(13)29/h4-5,8-10,13H,6-7,11H2,1-3H3,(H,25,31)(H,26,28,29). The Balaban J connectivity index is 1.77. The molecular formula is C22H23Cl2N3O4. The monoisotopic (exact) mass is 463 g/mol. The topological polar surface area (TPSA) is 97.3 Å². The predicted octanol–water partition coefficient (Wildman–Crippen LogP) is 2.81. The molecule has 1 aromatic heterocycles. The highest BCUT2D eigenvalue weighted by Crippen LogP contribution is 2.37. The molecule has 0 aliphatic carbocycles. The van der Waals surface area contributed by atoms with E-state index < -0.39 is 17.2 Å². The molecular weight excluding hydrogens is 441 g/mol. The normalized spacial score (nSPS) is 16.7. The second-order valence-electron chi connectivity index (χ2n) is 8.12. The molecule has 31 heavy (non-hydrogen) atoms. The van der Waals surface area contributed by atoms with Gasteiger partial charge in [0.1, 0.15) is 0 Å². The minimum absolute atomic E-state index is 0.143. The lowest BCUT2D eigenvalue weighted by Crippen LogP contribution is -2.43. The first kappa shape index (κ1) is 23.0. The minimum atomic E-state index is -1.05. The predicted molar refractivity (Wildman–Crippen MR) is 118 cm³/mol. The molecule has 0 saturated carbocycles. The summed E-state index contributed by atoms with van der Waals surface area (Å²) >= 11 is 12.8. The number of carbonyl (C=O) groups is 3. The Morgan fingerprint density at radius 1 is 1.23 bits per heavy atom. The van der Waals surface area contributed by atoms with E-state index in [1.54, 1.807) is 51.4 Å². The summed E-state index contributed by atoms with van der Waals surface area (Å²) in [5.41, 5.74) is 0.227. The fourth-order valence-corrected chi connectivity index (χ4v) is 4.44. The van der Waals surface area contributed by atoms with E-state index in [2.05, 4.69) is 10.6 Å². The lowest BCUT2D eigenvalue weighted by molar-refractivity contribution is -0.134. The summed E-state index contributed by atoms with van der Waals surface area (Å²) in [5.74, 6) is -1.66. The molecule has 0 spiro atoms. The van der Waals surface area contributed by atoms with E-state index in [0.29, 0.717) is 33.2 Å². The molecule has 1 unspecified atom stereocenters. The zero-order chi connectivity index (χ0) is 22.9. The maximum absolute atomic E-state index is 12.8. The van der Waals surface area contributed by atoms with Crippen LogP contribution in [0.15, 0.2) is 35.3 Å². The number of aromatic nitrogens is 1. The third kappa shape index (κ3) is 4.67. The van der Waals surface area contributed by atoms with Gasteiger partial charge in [-0.15, -0.1) is 0 Å². The highest BCUT2D eigenvalue weighted by molar-refractivity contribution is 6.36. The fourth-order valence-electron chi connectivity index (χ4n) is 3.64. The van der Waals surface area contributed by atoms with Crippen molar-refractivity contribution < 1.29 is 14.4 Å². The molecule has 3 amide bonds. The van der Waals surface area contributed by atoms with E-state index in [1.807, 2.05) is 0 Å². The molecule has 2 heterocycles. The molecule has 1 aliphatic heterocycles. The van der Waals surface area contributed by atoms with Gasteiger partial charge in [-0.1, -0.05) is 29.3 Å². The van der Waals surface area contributed by atoms with Crippen LogP contribution < -0.4 is 16.2 Å². The van der Waals surface area contributed by atoms with Crippen LogP contribution in [0.2, 0.25) is 10.0 Å². The van der Waals surface area contributed by atoms with E-state index in [-0.39, 0.29) is 30.3 Å². The average Bonchev–Trinajstić information content (AvgIpc) is 2.69. The number of imide groups is 1. The number of halogens is 2. The van der Waals surface area contributed by atoms with Crippen LogP contribution in [0.5, 0.6) is 0 Å². The lowest BCUT2D eigenvalue weighted by atomic mass is 9.84. The number of nitrogens with one attached hydrogen (secondary N) is 2. The van der Waals surface area contributed by atoms with Crippen molar-refractivity contribution in [2.45, 2.75) is 44.6 Å². The van der Waals surface area contributed by atoms with Crippen molar-refractivity contribution in [2.24, 2.45) is 7.05 Å². The lowest BCUT2D eigenvalue weighted by Gasteiger charge is -2.25. The van der Waals surface area contributed by atoms with Gasteiger partial charge in [-0.05, 0) is 44.0 Å². The number of hydrogen-bond acceptors (Lipinski definition) is 4. The Kier molecular flexibility index (Phi) is 6.57. The number of benzene rings is 1. The molecule has 164 valence electrons. The van der Waals surface area contributed by atoms with Crippen LogP contribution in [0.25, 0.3) is 0 Å². The van der Waals surface area contributed by atoms with Crippen LogP contribution in [0, 0.1) is 0 Å². The largest absolute Gasteiger partial charge is 0.351 e. The number of piperidine rings is 1. The molecule has 2 aromatic rings. The Hall–Kier alpha value is -2.64. The van der Waals surface area contributed by atoms with E-state index in [9.17, 15) is 19.2 Å². The van der Waals surface area contributed by atoms with Crippen molar-refractivity contribution in [2.75, 3.05) is 0 Å². The van der Waals surface area contributed by atoms with E-state index in [0.717, 1.165) is 0 Å². The number of hydrogen-bond donors (Lipinski definition) is 2. The maximum Gasteiger partial charge on any atom is 0.254 e. The zero-order valence-electron chi connectivity index (χ0n) is 17.4. The number of nitrogens with zero attached hydrogens (tertiary/aromatic N) is 1. The summed E-state index contributed by atoms with van der Waals surface area (Å²) in [6.45, 7) is 3.51. The van der Waals surface area contributed by atoms with E-state index >= 15 is 0 Å². The summed E-state index contributed by atoms with van der Waals surface area (Å²) < 4.78 is 1.43. The van der Waals surface area contributed by atoms with Gasteiger partial charge in [0.25, 0.3) is 5.56 Å². The first-order valence-corrected chi connectivity index (χ1v) is 10.5. The van der Waals surface area contributed by atoms with Crippen LogP contribution in [0.1, 0.15) is 49.3 Å². The highest BCUT2D eigenvalue weighted by atomic mass is 35.5. The average molecular weight is 464 g/mol. The van der Waals surface area contributed by atoms with Crippen LogP contribution in [-0.2, 0) is 33.4 Å². The van der Waals surface area contributed by atoms with Gasteiger partial charge < -0.3 is 9.88 Å². The quantitative estimate of drug-likeness (QED) is 0.666. The molecule has 0 bridgehead atoms. The molecule has 7 nitrogen and oxygen atoms in total. The third-order valence-electron chi connectivity index (χ3n) is 5.54. The first-order valence-electron chi connectivity index (χ1n) is 9.78. The minimum Gasteiger partial charge on any atom is -0.351 e. The molecule has 1 atom stereocenters. The molecule has 1 aliphatic rings. The van der Waals surface area contributed by atoms with Gasteiger partial charge in [-0.25, -0.2) is 0 Å². The van der Waals surface area contributed by atoms with Crippen molar-refractivity contribution in [1.82, 2.24) is 15.2 Å². The van der Waals surface area contributed by atoms with Gasteiger partial charge in [0.05, 0.1) is 11.3 Å². The number of carbonyl (C=O) groups excluding carboxylic acids is 3. The molecule has 2 N–H and O–H groups in total. The molecule has 9 heteroatoms. The number of pyridine rings is 1. The molecule has 1 saturated heterocycles. The van der Waals surface area contributed by atoms with Crippen LogP contribution in [0.4, 0.5) is 0 Å². The summed E-state index contributed by atoms with van der Waals surface area (Å²) in [4.78, 5) is 48.8. The van der Waals surface area contributed by atoms with Crippen molar-refractivity contribution in [1.29, 1.82) is 0 Å². The number of amides is 3. The summed E-state index contributed by atoms with van der Waals surface area (Å²) in [6.07, 6.45) is 2.18. The van der Waals surface area contributed by atoms with Gasteiger partial charge in [0.2, 0.25) is 17.7 Å². The van der Waals surface area contributed by atoms with Gasteiger partial charge in [0, 0.05) is 47.4 Å². The third-order valence-corrected chi connectivity index (χ3v) is 6.17. The van der Waals surface area contributed by atoms with E-state index in [1.165, 1.54) is 4.57 Å². The van der Waals surface area contributed by atoms with Crippen LogP contribution in [-0.4, -0.2) is 22.3 Å². The van der Waals surface area contributed by atoms with Crippen LogP contribution in [0.3, 0.4) is 0 Å². The summed E-state index contributed by atoms with van der Waals surface area (Å²) in [6, 6.07) is 6.64. The summed E-state index contributed by atoms with van der Waals surface area (Å²) in [5, 5.41) is 5.71. The second-order valence-corrected chi connectivity index (χ2v) is 8.94. The molecule has 3 rings (SSSR count). The van der Waals surface area contributed by atoms with Crippen molar-refractivity contribution >= 4 is 40.9 Å². The summed E-state index contributed by atoms with van der Waals surface area (Å²) in [7, 11) is 1.63. The Morgan fingerprint density at radius 2 is 1.87 bits per heavy atom. The zero-order valence-corrected chi connectivity index (χ0v) is 18.9. The fraction of sp³-hybridized carbons (Fsp3) is 0.364. The number of aryl methyl sites for hydroxylation is 1. The molecule has 1 aromatic carbocycles. The van der Waals surface area contributed by atoms with Gasteiger partial charge in [-0.3, -0.25) is 24.5 Å². The number of rotatable bonds is 5. The van der Waals surface area contributed by atoms with Gasteiger partial charge >= 0.3 is 0 Å². The van der Waals surface area contributed by atoms with Crippen molar-refractivity contribution in [3.05, 3.63) is 67.6 Å². The van der Waals surface area contributed by atoms with Gasteiger partial charge in [0.15, 0.2) is 0 Å².